The number of anilines is 1. The van der Waals surface area contributed by atoms with Crippen LogP contribution in [0, 0.1) is 5.92 Å². The highest BCUT2D eigenvalue weighted by atomic mass is 16.2. The zero-order valence-electron chi connectivity index (χ0n) is 22.9. The van der Waals surface area contributed by atoms with Gasteiger partial charge >= 0.3 is 0 Å². The maximum atomic E-state index is 13.7. The van der Waals surface area contributed by atoms with Crippen LogP contribution in [0.2, 0.25) is 0 Å². The fraction of sp³-hybridized carbons (Fsp3) is 0.548. The van der Waals surface area contributed by atoms with Gasteiger partial charge in [0, 0.05) is 45.3 Å². The summed E-state index contributed by atoms with van der Waals surface area (Å²) in [5.41, 5.74) is 3.40. The molecule has 2 aromatic rings. The van der Waals surface area contributed by atoms with Crippen molar-refractivity contribution in [3.05, 3.63) is 65.7 Å². The number of benzene rings is 2. The maximum Gasteiger partial charge on any atom is 0.237 e. The molecule has 6 heteroatoms. The predicted octanol–water partition coefficient (Wildman–Crippen LogP) is 4.61. The van der Waals surface area contributed by atoms with Crippen LogP contribution in [0.3, 0.4) is 0 Å². The lowest BCUT2D eigenvalue weighted by molar-refractivity contribution is -0.133. The fourth-order valence-electron chi connectivity index (χ4n) is 5.82. The van der Waals surface area contributed by atoms with Gasteiger partial charge in [0.2, 0.25) is 11.8 Å². The third-order valence-corrected chi connectivity index (χ3v) is 7.76. The summed E-state index contributed by atoms with van der Waals surface area (Å²) in [7, 11) is 0. The van der Waals surface area contributed by atoms with E-state index >= 15 is 0 Å². The Labute approximate surface area is 223 Å². The molecular formula is C31H44N4O2. The summed E-state index contributed by atoms with van der Waals surface area (Å²) in [5.74, 6) is 1.38. The van der Waals surface area contributed by atoms with Gasteiger partial charge in [0.15, 0.2) is 0 Å². The third kappa shape index (κ3) is 7.65. The molecule has 37 heavy (non-hydrogen) atoms. The van der Waals surface area contributed by atoms with E-state index in [-0.39, 0.29) is 11.8 Å². The van der Waals surface area contributed by atoms with Crippen molar-refractivity contribution >= 4 is 17.5 Å². The number of para-hydroxylation sites is 1. The molecule has 6 nitrogen and oxygen atoms in total. The molecule has 2 aromatic carbocycles. The van der Waals surface area contributed by atoms with Crippen LogP contribution >= 0.6 is 0 Å². The van der Waals surface area contributed by atoms with Crippen molar-refractivity contribution in [2.75, 3.05) is 57.3 Å². The highest BCUT2D eigenvalue weighted by molar-refractivity contribution is 5.92. The summed E-state index contributed by atoms with van der Waals surface area (Å²) in [6.07, 6.45) is 3.11. The van der Waals surface area contributed by atoms with Gasteiger partial charge in [-0.25, -0.2) is 0 Å². The highest BCUT2D eigenvalue weighted by Gasteiger charge is 2.26. The standard InChI is InChI=1S/C31H44N4O2/c1-25(2)22-32-16-9-17-35(26(3)36)30-13-8-7-12-29(30)23-34(21-20-32)31(37)24-33-18-14-28(15-19-33)27-10-5-4-6-11-27/h4-8,10-13,25,28H,9,14-24H2,1-3H3. The second kappa shape index (κ2) is 13.2. The van der Waals surface area contributed by atoms with Crippen LogP contribution in [0.1, 0.15) is 57.1 Å². The molecule has 2 aliphatic heterocycles. The summed E-state index contributed by atoms with van der Waals surface area (Å²) in [6.45, 7) is 13.2. The number of likely N-dealkylation sites (tertiary alicyclic amines) is 1. The number of piperidine rings is 1. The fourth-order valence-corrected chi connectivity index (χ4v) is 5.82. The van der Waals surface area contributed by atoms with E-state index in [9.17, 15) is 9.59 Å². The number of hydrogen-bond acceptors (Lipinski definition) is 4. The number of fused-ring (bicyclic) bond motifs is 1. The minimum Gasteiger partial charge on any atom is -0.336 e. The van der Waals surface area contributed by atoms with Gasteiger partial charge in [0.05, 0.1) is 6.54 Å². The van der Waals surface area contributed by atoms with Crippen molar-refractivity contribution < 1.29 is 9.59 Å². The molecule has 4 rings (SSSR count). The molecule has 200 valence electrons. The largest absolute Gasteiger partial charge is 0.336 e. The number of carbonyl (C=O) groups is 2. The summed E-state index contributed by atoms with van der Waals surface area (Å²) < 4.78 is 0. The van der Waals surface area contributed by atoms with Crippen LogP contribution < -0.4 is 4.90 Å². The summed E-state index contributed by atoms with van der Waals surface area (Å²) >= 11 is 0. The average molecular weight is 505 g/mol. The van der Waals surface area contributed by atoms with E-state index in [0.29, 0.717) is 38.0 Å². The SMILES string of the molecule is CC(=O)N1CCCN(CC(C)C)CCN(C(=O)CN2CCC(c3ccccc3)CC2)Cc2ccccc21. The quantitative estimate of drug-likeness (QED) is 0.597. The lowest BCUT2D eigenvalue weighted by Crippen LogP contribution is -2.45. The van der Waals surface area contributed by atoms with Crippen molar-refractivity contribution in [1.29, 1.82) is 0 Å². The molecule has 1 saturated heterocycles. The van der Waals surface area contributed by atoms with Crippen molar-refractivity contribution in [2.24, 2.45) is 5.92 Å². The van der Waals surface area contributed by atoms with Crippen LogP contribution in [0.25, 0.3) is 0 Å². The summed E-state index contributed by atoms with van der Waals surface area (Å²) in [6, 6.07) is 18.9. The van der Waals surface area contributed by atoms with Crippen LogP contribution in [-0.2, 0) is 16.1 Å². The lowest BCUT2D eigenvalue weighted by Gasteiger charge is -2.34. The number of rotatable bonds is 5. The van der Waals surface area contributed by atoms with Crippen molar-refractivity contribution in [3.8, 4) is 0 Å². The van der Waals surface area contributed by atoms with Gasteiger partial charge in [0.25, 0.3) is 0 Å². The van der Waals surface area contributed by atoms with Crippen molar-refractivity contribution in [2.45, 2.75) is 52.5 Å². The van der Waals surface area contributed by atoms with Crippen LogP contribution in [0.4, 0.5) is 5.69 Å². The van der Waals surface area contributed by atoms with Gasteiger partial charge in [-0.05, 0) is 67.9 Å². The van der Waals surface area contributed by atoms with Crippen molar-refractivity contribution in [1.82, 2.24) is 14.7 Å². The second-order valence-electron chi connectivity index (χ2n) is 11.1. The molecule has 0 aromatic heterocycles. The second-order valence-corrected chi connectivity index (χ2v) is 11.1. The Morgan fingerprint density at radius 2 is 1.54 bits per heavy atom. The summed E-state index contributed by atoms with van der Waals surface area (Å²) in [4.78, 5) is 35.0. The minimum atomic E-state index is 0.0567. The van der Waals surface area contributed by atoms with E-state index in [0.717, 1.165) is 63.2 Å². The predicted molar refractivity (Wildman–Crippen MR) is 151 cm³/mol. The molecule has 2 heterocycles. The molecule has 0 N–H and O–H groups in total. The van der Waals surface area contributed by atoms with E-state index < -0.39 is 0 Å². The van der Waals surface area contributed by atoms with Crippen LogP contribution in [-0.4, -0.2) is 78.9 Å². The number of hydrogen-bond donors (Lipinski definition) is 0. The third-order valence-electron chi connectivity index (χ3n) is 7.76. The molecule has 0 aliphatic carbocycles. The molecule has 0 spiro atoms. The first-order valence-electron chi connectivity index (χ1n) is 14.0. The van der Waals surface area contributed by atoms with E-state index in [1.54, 1.807) is 6.92 Å². The van der Waals surface area contributed by atoms with Crippen LogP contribution in [0.5, 0.6) is 0 Å². The first kappa shape index (κ1) is 27.3. The molecule has 1 fully saturated rings. The van der Waals surface area contributed by atoms with E-state index in [4.69, 9.17) is 0 Å². The number of nitrogens with zero attached hydrogens (tertiary/aromatic N) is 4. The first-order chi connectivity index (χ1) is 17.9. The molecule has 0 unspecified atom stereocenters. The van der Waals surface area contributed by atoms with E-state index in [1.165, 1.54) is 5.56 Å². The minimum absolute atomic E-state index is 0.0567. The van der Waals surface area contributed by atoms with Crippen molar-refractivity contribution in [3.63, 3.8) is 0 Å². The Hall–Kier alpha value is -2.70. The first-order valence-corrected chi connectivity index (χ1v) is 14.0. The Morgan fingerprint density at radius 3 is 2.24 bits per heavy atom. The average Bonchev–Trinajstić information content (AvgIpc) is 2.92. The van der Waals surface area contributed by atoms with E-state index in [1.807, 2.05) is 28.0 Å². The van der Waals surface area contributed by atoms with Gasteiger partial charge in [0.1, 0.15) is 0 Å². The molecule has 2 aliphatic rings. The smallest absolute Gasteiger partial charge is 0.237 e. The van der Waals surface area contributed by atoms with Gasteiger partial charge < -0.3 is 14.7 Å². The van der Waals surface area contributed by atoms with E-state index in [2.05, 4.69) is 60.0 Å². The molecule has 0 bridgehead atoms. The molecule has 0 atom stereocenters. The molecule has 0 radical (unpaired) electrons. The zero-order valence-corrected chi connectivity index (χ0v) is 22.9. The topological polar surface area (TPSA) is 47.1 Å². The Kier molecular flexibility index (Phi) is 9.75. The monoisotopic (exact) mass is 504 g/mol. The number of carbonyl (C=O) groups excluding carboxylic acids is 2. The molecule has 0 saturated carbocycles. The molecule has 2 amide bonds. The van der Waals surface area contributed by atoms with Gasteiger partial charge in [-0.3, -0.25) is 14.5 Å². The zero-order chi connectivity index (χ0) is 26.2. The maximum absolute atomic E-state index is 13.7. The lowest BCUT2D eigenvalue weighted by atomic mass is 9.89. The Balaban J connectivity index is 1.47. The van der Waals surface area contributed by atoms with Gasteiger partial charge in [-0.1, -0.05) is 62.4 Å². The Bertz CT molecular complexity index is 1020. The Morgan fingerprint density at radius 1 is 0.838 bits per heavy atom. The van der Waals surface area contributed by atoms with Crippen LogP contribution in [0.15, 0.2) is 54.6 Å². The molecular weight excluding hydrogens is 460 g/mol. The highest BCUT2D eigenvalue weighted by Crippen LogP contribution is 2.28. The normalized spacial score (nSPS) is 18.9. The summed E-state index contributed by atoms with van der Waals surface area (Å²) in [5, 5.41) is 0. The number of amides is 2. The van der Waals surface area contributed by atoms with Gasteiger partial charge in [-0.15, -0.1) is 0 Å². The van der Waals surface area contributed by atoms with Gasteiger partial charge in [-0.2, -0.15) is 0 Å².